The van der Waals surface area contributed by atoms with E-state index in [1.54, 1.807) is 30.5 Å². The largest absolute Gasteiger partial charge is 0.492 e. The third kappa shape index (κ3) is 3.21. The third-order valence-corrected chi connectivity index (χ3v) is 6.36. The number of aromatic hydroxyl groups is 1. The van der Waals surface area contributed by atoms with E-state index >= 15 is 0 Å². The van der Waals surface area contributed by atoms with Crippen molar-refractivity contribution in [3.05, 3.63) is 58.9 Å². The van der Waals surface area contributed by atoms with Crippen LogP contribution in [0.15, 0.2) is 47.1 Å². The summed E-state index contributed by atoms with van der Waals surface area (Å²) in [5.74, 6) is 0.644. The summed E-state index contributed by atoms with van der Waals surface area (Å²) in [5, 5.41) is 15.4. The lowest BCUT2D eigenvalue weighted by atomic mass is 10.0. The van der Waals surface area contributed by atoms with Crippen molar-refractivity contribution in [2.24, 2.45) is 0 Å². The fraction of sp³-hybridized carbons (Fsp3) is 0.300. The first-order valence-corrected chi connectivity index (χ1v) is 10.2. The molecule has 1 aliphatic heterocycles. The molecule has 1 saturated heterocycles. The van der Waals surface area contributed by atoms with Gasteiger partial charge >= 0.3 is 0 Å². The lowest BCUT2D eigenvalue weighted by molar-refractivity contribution is 0.125. The molecule has 1 atom stereocenters. The first kappa shape index (κ1) is 18.3. The predicted octanol–water partition coefficient (Wildman–Crippen LogP) is 3.23. The molecule has 5 rings (SSSR count). The van der Waals surface area contributed by atoms with Crippen LogP contribution in [0.2, 0.25) is 0 Å². The van der Waals surface area contributed by atoms with E-state index < -0.39 is 6.04 Å². The minimum atomic E-state index is -0.398. The Morgan fingerprint density at radius 2 is 1.93 bits per heavy atom. The number of fused-ring (bicyclic) bond motifs is 1. The molecule has 3 aromatic heterocycles. The maximum atomic E-state index is 14.8. The molecule has 0 saturated carbocycles. The SMILES string of the molecule is CN1CCN([C@@H](c2ccccc2F)c2sc3nc(-c4ccco4)nn3c2O)CC1. The summed E-state index contributed by atoms with van der Waals surface area (Å²) in [6.07, 6.45) is 1.55. The number of piperazine rings is 1. The predicted molar refractivity (Wildman–Crippen MR) is 108 cm³/mol. The Labute approximate surface area is 170 Å². The van der Waals surface area contributed by atoms with Gasteiger partial charge in [0, 0.05) is 31.7 Å². The molecule has 9 heteroatoms. The highest BCUT2D eigenvalue weighted by Crippen LogP contribution is 2.41. The number of benzene rings is 1. The number of hydrogen-bond donors (Lipinski definition) is 1. The highest BCUT2D eigenvalue weighted by Gasteiger charge is 2.32. The summed E-state index contributed by atoms with van der Waals surface area (Å²) < 4.78 is 21.5. The Kier molecular flexibility index (Phi) is 4.57. The van der Waals surface area contributed by atoms with Crippen LogP contribution < -0.4 is 0 Å². The first-order valence-electron chi connectivity index (χ1n) is 9.41. The number of nitrogens with zero attached hydrogens (tertiary/aromatic N) is 5. The molecule has 1 N–H and O–H groups in total. The number of likely N-dealkylation sites (N-methyl/N-ethyl adjacent to an activating group) is 1. The Morgan fingerprint density at radius 1 is 1.14 bits per heavy atom. The van der Waals surface area contributed by atoms with Gasteiger partial charge in [0.05, 0.1) is 17.2 Å². The lowest BCUT2D eigenvalue weighted by Crippen LogP contribution is -2.46. The van der Waals surface area contributed by atoms with Crippen molar-refractivity contribution in [3.63, 3.8) is 0 Å². The van der Waals surface area contributed by atoms with E-state index in [2.05, 4.69) is 26.9 Å². The number of aromatic nitrogens is 3. The second-order valence-electron chi connectivity index (χ2n) is 7.16. The van der Waals surface area contributed by atoms with Gasteiger partial charge in [-0.05, 0) is 25.2 Å². The van der Waals surface area contributed by atoms with Crippen molar-refractivity contribution < 1.29 is 13.9 Å². The minimum absolute atomic E-state index is 0.0116. The van der Waals surface area contributed by atoms with Gasteiger partial charge in [-0.3, -0.25) is 4.90 Å². The fourth-order valence-electron chi connectivity index (χ4n) is 3.72. The average Bonchev–Trinajstić information content (AvgIpc) is 3.44. The van der Waals surface area contributed by atoms with Crippen molar-refractivity contribution in [2.75, 3.05) is 33.2 Å². The van der Waals surface area contributed by atoms with E-state index in [1.807, 2.05) is 6.07 Å². The van der Waals surface area contributed by atoms with Gasteiger partial charge in [0.25, 0.3) is 0 Å². The summed E-state index contributed by atoms with van der Waals surface area (Å²) in [6, 6.07) is 9.87. The number of hydrogen-bond acceptors (Lipinski definition) is 7. The summed E-state index contributed by atoms with van der Waals surface area (Å²) in [4.78, 5) is 10.1. The normalized spacial score (nSPS) is 17.2. The van der Waals surface area contributed by atoms with Gasteiger partial charge in [-0.1, -0.05) is 29.5 Å². The number of thiazole rings is 1. The van der Waals surface area contributed by atoms with Crippen LogP contribution in [0.25, 0.3) is 16.5 Å². The lowest BCUT2D eigenvalue weighted by Gasteiger charge is -2.37. The highest BCUT2D eigenvalue weighted by atomic mass is 32.1. The van der Waals surface area contributed by atoms with Gasteiger partial charge in [-0.25, -0.2) is 4.39 Å². The smallest absolute Gasteiger partial charge is 0.230 e. The Balaban J connectivity index is 1.60. The molecule has 7 nitrogen and oxygen atoms in total. The molecule has 4 heterocycles. The van der Waals surface area contributed by atoms with Crippen LogP contribution in [-0.4, -0.2) is 62.7 Å². The second kappa shape index (κ2) is 7.25. The monoisotopic (exact) mass is 413 g/mol. The molecule has 1 fully saturated rings. The molecule has 0 unspecified atom stereocenters. The maximum absolute atomic E-state index is 14.8. The van der Waals surface area contributed by atoms with Crippen LogP contribution in [0.4, 0.5) is 4.39 Å². The second-order valence-corrected chi connectivity index (χ2v) is 8.17. The molecule has 0 aliphatic carbocycles. The highest BCUT2D eigenvalue weighted by molar-refractivity contribution is 7.17. The van der Waals surface area contributed by atoms with E-state index in [-0.39, 0.29) is 11.7 Å². The molecular weight excluding hydrogens is 393 g/mol. The zero-order chi connectivity index (χ0) is 20.0. The molecule has 0 bridgehead atoms. The van der Waals surface area contributed by atoms with Gasteiger partial charge in [-0.15, -0.1) is 5.10 Å². The zero-order valence-corrected chi connectivity index (χ0v) is 16.6. The van der Waals surface area contributed by atoms with Gasteiger partial charge in [0.1, 0.15) is 5.82 Å². The number of furan rings is 1. The zero-order valence-electron chi connectivity index (χ0n) is 15.8. The van der Waals surface area contributed by atoms with E-state index in [4.69, 9.17) is 4.42 Å². The van der Waals surface area contributed by atoms with Crippen molar-refractivity contribution in [1.82, 2.24) is 24.4 Å². The van der Waals surface area contributed by atoms with Crippen LogP contribution in [0.1, 0.15) is 16.5 Å². The molecule has 1 aromatic carbocycles. The Bertz CT molecular complexity index is 1130. The quantitative estimate of drug-likeness (QED) is 0.554. The Morgan fingerprint density at radius 3 is 2.62 bits per heavy atom. The fourth-order valence-corrected chi connectivity index (χ4v) is 4.83. The molecule has 1 aliphatic rings. The summed E-state index contributed by atoms with van der Waals surface area (Å²) in [6.45, 7) is 3.32. The number of halogens is 1. The van der Waals surface area contributed by atoms with Crippen LogP contribution in [-0.2, 0) is 0 Å². The van der Waals surface area contributed by atoms with Gasteiger partial charge < -0.3 is 14.4 Å². The van der Waals surface area contributed by atoms with Crippen molar-refractivity contribution in [2.45, 2.75) is 6.04 Å². The van der Waals surface area contributed by atoms with Crippen molar-refractivity contribution in [3.8, 4) is 17.5 Å². The molecule has 150 valence electrons. The molecular formula is C20H20FN5O2S. The topological polar surface area (TPSA) is 70.0 Å². The van der Waals surface area contributed by atoms with Gasteiger partial charge in [0.15, 0.2) is 5.76 Å². The van der Waals surface area contributed by atoms with Crippen molar-refractivity contribution in [1.29, 1.82) is 0 Å². The van der Waals surface area contributed by atoms with Gasteiger partial charge in [-0.2, -0.15) is 9.50 Å². The summed E-state index contributed by atoms with van der Waals surface area (Å²) in [5.41, 5.74) is 0.545. The molecule has 0 radical (unpaired) electrons. The molecule has 29 heavy (non-hydrogen) atoms. The van der Waals surface area contributed by atoms with E-state index in [9.17, 15) is 9.50 Å². The average molecular weight is 413 g/mol. The van der Waals surface area contributed by atoms with Crippen LogP contribution in [0.5, 0.6) is 5.88 Å². The molecule has 4 aromatic rings. The van der Waals surface area contributed by atoms with E-state index in [0.29, 0.717) is 27.0 Å². The standard InChI is InChI=1S/C20H20FN5O2S/c1-24-8-10-25(11-9-24)16(13-5-2-3-6-14(13)21)17-19(27)26-20(29-17)22-18(23-26)15-7-4-12-28-15/h2-7,12,16,27H,8-11H2,1H3/t16-/m0/s1. The van der Waals surface area contributed by atoms with Crippen LogP contribution >= 0.6 is 11.3 Å². The number of rotatable bonds is 4. The van der Waals surface area contributed by atoms with Crippen LogP contribution in [0, 0.1) is 5.82 Å². The maximum Gasteiger partial charge on any atom is 0.230 e. The van der Waals surface area contributed by atoms with E-state index in [0.717, 1.165) is 26.2 Å². The Hall–Kier alpha value is -2.75. The first-order chi connectivity index (χ1) is 14.1. The van der Waals surface area contributed by atoms with Gasteiger partial charge in [0.2, 0.25) is 16.7 Å². The van der Waals surface area contributed by atoms with Crippen LogP contribution in [0.3, 0.4) is 0 Å². The molecule has 0 spiro atoms. The summed E-state index contributed by atoms with van der Waals surface area (Å²) in [7, 11) is 2.08. The minimum Gasteiger partial charge on any atom is -0.492 e. The summed E-state index contributed by atoms with van der Waals surface area (Å²) >= 11 is 1.32. The molecule has 0 amide bonds. The third-order valence-electron chi connectivity index (χ3n) is 5.29. The van der Waals surface area contributed by atoms with Crippen molar-refractivity contribution >= 4 is 16.3 Å². The van der Waals surface area contributed by atoms with E-state index in [1.165, 1.54) is 21.9 Å².